The minimum absolute atomic E-state index is 0.00417. The number of ketones is 1. The molecule has 104 valence electrons. The Hall–Kier alpha value is -1.32. The summed E-state index contributed by atoms with van der Waals surface area (Å²) in [5.74, 6) is 1.30. The molecule has 0 amide bonds. The fraction of sp³-hybridized carbons (Fsp3) is 0.733. The van der Waals surface area contributed by atoms with Gasteiger partial charge < -0.3 is 9.47 Å². The highest BCUT2D eigenvalue weighted by Gasteiger charge is 2.67. The summed E-state index contributed by atoms with van der Waals surface area (Å²) in [6, 6.07) is 0. The third-order valence-corrected chi connectivity index (χ3v) is 5.54. The molecule has 0 aromatic rings. The molecular formula is C15H20O4. The van der Waals surface area contributed by atoms with E-state index in [0.29, 0.717) is 17.6 Å². The van der Waals surface area contributed by atoms with E-state index in [1.807, 2.05) is 6.92 Å². The van der Waals surface area contributed by atoms with Crippen LogP contribution in [0.5, 0.6) is 0 Å². The Kier molecular flexibility index (Phi) is 2.73. The maximum atomic E-state index is 12.3. The molecule has 0 bridgehead atoms. The molecule has 0 aliphatic heterocycles. The van der Waals surface area contributed by atoms with Gasteiger partial charge in [0, 0.05) is 12.0 Å². The lowest BCUT2D eigenvalue weighted by atomic mass is 9.46. The first-order chi connectivity index (χ1) is 9.05. The minimum atomic E-state index is -0.798. The lowest BCUT2D eigenvalue weighted by Crippen LogP contribution is -2.60. The smallest absolute Gasteiger partial charge is 0.319 e. The van der Waals surface area contributed by atoms with Crippen LogP contribution in [0.3, 0.4) is 0 Å². The molecule has 3 aliphatic carbocycles. The van der Waals surface area contributed by atoms with Gasteiger partial charge in [0.2, 0.25) is 0 Å². The zero-order chi connectivity index (χ0) is 13.8. The van der Waals surface area contributed by atoms with Crippen LogP contribution >= 0.6 is 0 Å². The van der Waals surface area contributed by atoms with Crippen molar-refractivity contribution in [1.82, 2.24) is 0 Å². The van der Waals surface area contributed by atoms with Crippen LogP contribution in [0.4, 0.5) is 0 Å². The SMILES string of the molecule is COC(=O)C1(C)C(OC)=CC(=O)C2C1[C@H]1CCC[C@@H]21. The molecule has 5 atom stereocenters. The summed E-state index contributed by atoms with van der Waals surface area (Å²) >= 11 is 0. The number of fused-ring (bicyclic) bond motifs is 4. The van der Waals surface area contributed by atoms with Crippen LogP contribution in [-0.2, 0) is 19.1 Å². The number of ether oxygens (including phenoxy) is 2. The largest absolute Gasteiger partial charge is 0.500 e. The van der Waals surface area contributed by atoms with Crippen LogP contribution in [-0.4, -0.2) is 26.0 Å². The summed E-state index contributed by atoms with van der Waals surface area (Å²) < 4.78 is 10.3. The number of esters is 1. The van der Waals surface area contributed by atoms with E-state index in [1.165, 1.54) is 20.3 Å². The van der Waals surface area contributed by atoms with E-state index in [1.54, 1.807) is 0 Å². The summed E-state index contributed by atoms with van der Waals surface area (Å²) in [7, 11) is 2.92. The van der Waals surface area contributed by atoms with Gasteiger partial charge in [0.05, 0.1) is 14.2 Å². The normalized spacial score (nSPS) is 43.7. The Morgan fingerprint density at radius 1 is 1.32 bits per heavy atom. The first-order valence-electron chi connectivity index (χ1n) is 6.94. The molecule has 0 aromatic carbocycles. The molecule has 3 aliphatic rings. The van der Waals surface area contributed by atoms with Gasteiger partial charge in [-0.05, 0) is 37.5 Å². The van der Waals surface area contributed by atoms with E-state index in [-0.39, 0.29) is 23.6 Å². The van der Waals surface area contributed by atoms with Crippen molar-refractivity contribution in [3.05, 3.63) is 11.8 Å². The molecule has 0 N–H and O–H groups in total. The molecule has 4 heteroatoms. The van der Waals surface area contributed by atoms with E-state index in [4.69, 9.17) is 9.47 Å². The fourth-order valence-corrected chi connectivity index (χ4v) is 4.73. The maximum Gasteiger partial charge on any atom is 0.319 e. The summed E-state index contributed by atoms with van der Waals surface area (Å²) in [6.07, 6.45) is 4.91. The molecule has 19 heavy (non-hydrogen) atoms. The number of hydrogen-bond acceptors (Lipinski definition) is 4. The number of rotatable bonds is 2. The standard InChI is InChI=1S/C15H20O4/c1-15(14(17)19-3)11(18-2)7-10(16)12-8-5-4-6-9(8)13(12)15/h7-9,12-13H,4-6H2,1-3H3/t8-,9+,12?,13?,15?/m1/s1. The Morgan fingerprint density at radius 3 is 2.63 bits per heavy atom. The quantitative estimate of drug-likeness (QED) is 0.715. The van der Waals surface area contributed by atoms with Gasteiger partial charge in [-0.15, -0.1) is 0 Å². The fourth-order valence-electron chi connectivity index (χ4n) is 4.73. The lowest BCUT2D eigenvalue weighted by molar-refractivity contribution is -0.174. The number of hydrogen-bond donors (Lipinski definition) is 0. The van der Waals surface area contributed by atoms with Crippen molar-refractivity contribution >= 4 is 11.8 Å². The molecule has 0 aromatic heterocycles. The molecule has 0 saturated heterocycles. The number of methoxy groups -OCH3 is 2. The second-order valence-corrected chi connectivity index (χ2v) is 6.12. The first kappa shape index (κ1) is 12.7. The van der Waals surface area contributed by atoms with Crippen molar-refractivity contribution in [1.29, 1.82) is 0 Å². The maximum absolute atomic E-state index is 12.3. The van der Waals surface area contributed by atoms with Crippen molar-refractivity contribution in [2.45, 2.75) is 26.2 Å². The first-order valence-corrected chi connectivity index (χ1v) is 6.94. The van der Waals surface area contributed by atoms with Gasteiger partial charge in [0.15, 0.2) is 5.78 Å². The van der Waals surface area contributed by atoms with Crippen LogP contribution < -0.4 is 0 Å². The predicted molar refractivity (Wildman–Crippen MR) is 68.0 cm³/mol. The van der Waals surface area contributed by atoms with Crippen molar-refractivity contribution in [3.8, 4) is 0 Å². The second kappa shape index (κ2) is 4.09. The molecule has 3 unspecified atom stereocenters. The van der Waals surface area contributed by atoms with Crippen molar-refractivity contribution in [3.63, 3.8) is 0 Å². The number of carbonyl (C=O) groups is 2. The second-order valence-electron chi connectivity index (χ2n) is 6.12. The minimum Gasteiger partial charge on any atom is -0.500 e. The van der Waals surface area contributed by atoms with Crippen molar-refractivity contribution in [2.24, 2.45) is 29.1 Å². The van der Waals surface area contributed by atoms with Gasteiger partial charge in [-0.25, -0.2) is 0 Å². The molecule has 3 rings (SSSR count). The van der Waals surface area contributed by atoms with Gasteiger partial charge in [-0.2, -0.15) is 0 Å². The topological polar surface area (TPSA) is 52.6 Å². The van der Waals surface area contributed by atoms with E-state index in [0.717, 1.165) is 19.3 Å². The summed E-state index contributed by atoms with van der Waals surface area (Å²) in [6.45, 7) is 1.87. The molecule has 4 nitrogen and oxygen atoms in total. The molecule has 0 radical (unpaired) electrons. The summed E-state index contributed by atoms with van der Waals surface area (Å²) in [5.41, 5.74) is -0.798. The molecule has 2 fully saturated rings. The zero-order valence-corrected chi connectivity index (χ0v) is 11.6. The van der Waals surface area contributed by atoms with Gasteiger partial charge in [0.25, 0.3) is 0 Å². The van der Waals surface area contributed by atoms with E-state index in [2.05, 4.69) is 0 Å². The summed E-state index contributed by atoms with van der Waals surface area (Å²) in [5, 5.41) is 0. The number of allylic oxidation sites excluding steroid dienone is 1. The Balaban J connectivity index is 2.06. The van der Waals surface area contributed by atoms with Crippen LogP contribution in [0.15, 0.2) is 11.8 Å². The number of carbonyl (C=O) groups excluding carboxylic acids is 2. The molecular weight excluding hydrogens is 244 g/mol. The monoisotopic (exact) mass is 264 g/mol. The highest BCUT2D eigenvalue weighted by molar-refractivity contribution is 5.98. The van der Waals surface area contributed by atoms with Gasteiger partial charge in [-0.3, -0.25) is 9.59 Å². The average molecular weight is 264 g/mol. The lowest BCUT2D eigenvalue weighted by Gasteiger charge is -2.56. The predicted octanol–water partition coefficient (Wildman–Crippen LogP) is 1.94. The Morgan fingerprint density at radius 2 is 2.00 bits per heavy atom. The highest BCUT2D eigenvalue weighted by Crippen LogP contribution is 2.65. The molecule has 2 saturated carbocycles. The Labute approximate surface area is 113 Å². The summed E-state index contributed by atoms with van der Waals surface area (Å²) in [4.78, 5) is 24.5. The van der Waals surface area contributed by atoms with E-state index in [9.17, 15) is 9.59 Å². The van der Waals surface area contributed by atoms with Crippen molar-refractivity contribution in [2.75, 3.05) is 14.2 Å². The van der Waals surface area contributed by atoms with Gasteiger partial charge in [-0.1, -0.05) is 6.42 Å². The van der Waals surface area contributed by atoms with Gasteiger partial charge >= 0.3 is 5.97 Å². The van der Waals surface area contributed by atoms with E-state index >= 15 is 0 Å². The van der Waals surface area contributed by atoms with Crippen LogP contribution in [0.2, 0.25) is 0 Å². The third-order valence-electron chi connectivity index (χ3n) is 5.54. The molecule has 0 heterocycles. The van der Waals surface area contributed by atoms with Crippen LogP contribution in [0.25, 0.3) is 0 Å². The van der Waals surface area contributed by atoms with Crippen molar-refractivity contribution < 1.29 is 19.1 Å². The highest BCUT2D eigenvalue weighted by atomic mass is 16.5. The molecule has 0 spiro atoms. The third kappa shape index (κ3) is 1.40. The average Bonchev–Trinajstić information content (AvgIpc) is 2.77. The van der Waals surface area contributed by atoms with Crippen LogP contribution in [0.1, 0.15) is 26.2 Å². The van der Waals surface area contributed by atoms with E-state index < -0.39 is 5.41 Å². The van der Waals surface area contributed by atoms with Crippen LogP contribution in [0, 0.1) is 29.1 Å². The Bertz CT molecular complexity index is 467. The van der Waals surface area contributed by atoms with Gasteiger partial charge in [0.1, 0.15) is 11.2 Å². The zero-order valence-electron chi connectivity index (χ0n) is 11.6.